The van der Waals surface area contributed by atoms with Crippen molar-refractivity contribution in [1.82, 2.24) is 0 Å². The molecule has 0 saturated heterocycles. The van der Waals surface area contributed by atoms with Gasteiger partial charge in [-0.05, 0) is 19.1 Å². The minimum absolute atomic E-state index is 0.0379. The average molecular weight is 267 g/mol. The van der Waals surface area contributed by atoms with Crippen molar-refractivity contribution in [2.75, 3.05) is 33.4 Å². The molecule has 106 valence electrons. The number of hydrogen-bond donors (Lipinski definition) is 1. The predicted octanol–water partition coefficient (Wildman–Crippen LogP) is -1.13. The fourth-order valence-corrected chi connectivity index (χ4v) is 1.91. The lowest BCUT2D eigenvalue weighted by Crippen LogP contribution is -3.12. The second-order valence-electron chi connectivity index (χ2n) is 4.26. The summed E-state index contributed by atoms with van der Waals surface area (Å²) in [4.78, 5) is 11.7. The molecule has 0 heterocycles. The summed E-state index contributed by atoms with van der Waals surface area (Å²) in [7, 11) is 1.60. The zero-order valence-corrected chi connectivity index (χ0v) is 11.5. The Kier molecular flexibility index (Phi) is 6.92. The van der Waals surface area contributed by atoms with E-state index < -0.39 is 5.97 Å². The van der Waals surface area contributed by atoms with Crippen molar-refractivity contribution in [1.29, 1.82) is 0 Å². The number of quaternary nitrogens is 1. The summed E-state index contributed by atoms with van der Waals surface area (Å²) >= 11 is 0. The van der Waals surface area contributed by atoms with Crippen molar-refractivity contribution in [3.63, 3.8) is 0 Å². The minimum atomic E-state index is -1.06. The fourth-order valence-electron chi connectivity index (χ4n) is 1.91. The summed E-state index contributed by atoms with van der Waals surface area (Å²) < 4.78 is 10.5. The van der Waals surface area contributed by atoms with Gasteiger partial charge >= 0.3 is 0 Å². The van der Waals surface area contributed by atoms with E-state index in [9.17, 15) is 9.90 Å². The Labute approximate surface area is 113 Å². The number of carboxylic acid groups (broad SMARTS) is 1. The van der Waals surface area contributed by atoms with E-state index in [1.165, 1.54) is 0 Å². The molecule has 1 atom stereocenters. The van der Waals surface area contributed by atoms with Crippen LogP contribution in [0.3, 0.4) is 0 Å². The van der Waals surface area contributed by atoms with Gasteiger partial charge in [0.25, 0.3) is 0 Å². The van der Waals surface area contributed by atoms with Crippen LogP contribution in [0.25, 0.3) is 0 Å². The van der Waals surface area contributed by atoms with Crippen molar-refractivity contribution in [2.24, 2.45) is 0 Å². The van der Waals surface area contributed by atoms with E-state index >= 15 is 0 Å². The van der Waals surface area contributed by atoms with Crippen LogP contribution in [0, 0.1) is 0 Å². The van der Waals surface area contributed by atoms with E-state index in [1.807, 2.05) is 31.2 Å². The first kappa shape index (κ1) is 15.5. The van der Waals surface area contributed by atoms with Crippen molar-refractivity contribution >= 4 is 5.97 Å². The maximum Gasteiger partial charge on any atom is 0.128 e. The SMILES string of the molecule is CCOc1ccccc1C[NH+](CCOC)CC(=O)[O-]. The summed E-state index contributed by atoms with van der Waals surface area (Å²) in [6.45, 7) is 4.18. The van der Waals surface area contributed by atoms with Crippen LogP contribution in [0.15, 0.2) is 24.3 Å². The topological polar surface area (TPSA) is 63.0 Å². The number of para-hydroxylation sites is 1. The Morgan fingerprint density at radius 1 is 1.37 bits per heavy atom. The highest BCUT2D eigenvalue weighted by Crippen LogP contribution is 2.16. The lowest BCUT2D eigenvalue weighted by Gasteiger charge is -2.21. The smallest absolute Gasteiger partial charge is 0.128 e. The molecule has 0 fully saturated rings. The van der Waals surface area contributed by atoms with Gasteiger partial charge in [-0.1, -0.05) is 12.1 Å². The van der Waals surface area contributed by atoms with Gasteiger partial charge in [-0.2, -0.15) is 0 Å². The number of carboxylic acids is 1. The number of benzene rings is 1. The predicted molar refractivity (Wildman–Crippen MR) is 68.9 cm³/mol. The summed E-state index contributed by atoms with van der Waals surface area (Å²) in [5.74, 6) is -0.252. The molecule has 5 heteroatoms. The maximum atomic E-state index is 10.8. The molecule has 0 spiro atoms. The molecule has 19 heavy (non-hydrogen) atoms. The summed E-state index contributed by atoms with van der Waals surface area (Å²) in [6.07, 6.45) is 0. The van der Waals surface area contributed by atoms with E-state index in [0.717, 1.165) is 16.2 Å². The van der Waals surface area contributed by atoms with Crippen molar-refractivity contribution in [2.45, 2.75) is 13.5 Å². The first-order valence-corrected chi connectivity index (χ1v) is 6.40. The molecule has 1 rings (SSSR count). The number of methoxy groups -OCH3 is 1. The minimum Gasteiger partial charge on any atom is -0.544 e. The molecule has 0 saturated carbocycles. The van der Waals surface area contributed by atoms with Gasteiger partial charge in [0.05, 0.1) is 19.2 Å². The zero-order valence-electron chi connectivity index (χ0n) is 11.5. The molecule has 1 N–H and O–H groups in total. The molecule has 0 aliphatic heterocycles. The zero-order chi connectivity index (χ0) is 14.1. The molecule has 0 aliphatic rings. The number of rotatable bonds is 9. The Morgan fingerprint density at radius 3 is 2.74 bits per heavy atom. The molecule has 5 nitrogen and oxygen atoms in total. The molecular weight excluding hydrogens is 246 g/mol. The summed E-state index contributed by atoms with van der Waals surface area (Å²) in [6, 6.07) is 7.67. The third-order valence-corrected chi connectivity index (χ3v) is 2.77. The fraction of sp³-hybridized carbons (Fsp3) is 0.500. The van der Waals surface area contributed by atoms with E-state index in [0.29, 0.717) is 26.3 Å². The second kappa shape index (κ2) is 8.50. The number of carbonyl (C=O) groups excluding carboxylic acids is 1. The van der Waals surface area contributed by atoms with Crippen LogP contribution in [0.4, 0.5) is 0 Å². The lowest BCUT2D eigenvalue weighted by molar-refractivity contribution is -0.908. The highest BCUT2D eigenvalue weighted by Gasteiger charge is 2.13. The Morgan fingerprint density at radius 2 is 2.11 bits per heavy atom. The lowest BCUT2D eigenvalue weighted by atomic mass is 10.2. The molecule has 0 radical (unpaired) electrons. The Balaban J connectivity index is 2.73. The van der Waals surface area contributed by atoms with Crippen LogP contribution in [0.1, 0.15) is 12.5 Å². The third kappa shape index (κ3) is 5.72. The van der Waals surface area contributed by atoms with Gasteiger partial charge in [0, 0.05) is 12.7 Å². The van der Waals surface area contributed by atoms with E-state index in [4.69, 9.17) is 9.47 Å². The van der Waals surface area contributed by atoms with Crippen LogP contribution in [0.5, 0.6) is 5.75 Å². The molecule has 0 amide bonds. The Hall–Kier alpha value is -1.59. The van der Waals surface area contributed by atoms with E-state index in [2.05, 4.69) is 0 Å². The summed E-state index contributed by atoms with van der Waals surface area (Å²) in [5, 5.41) is 10.8. The number of nitrogens with one attached hydrogen (secondary N) is 1. The quantitative estimate of drug-likeness (QED) is 0.615. The van der Waals surface area contributed by atoms with Gasteiger partial charge in [-0.15, -0.1) is 0 Å². The van der Waals surface area contributed by atoms with Crippen molar-refractivity contribution in [3.8, 4) is 5.75 Å². The standard InChI is InChI=1S/C14H21NO4/c1-3-19-13-7-5-4-6-12(13)10-15(8-9-18-2)11-14(16)17/h4-7H,3,8-11H2,1-2H3,(H,16,17). The highest BCUT2D eigenvalue weighted by molar-refractivity contribution is 5.65. The van der Waals surface area contributed by atoms with Gasteiger partial charge in [-0.25, -0.2) is 0 Å². The normalized spacial score (nSPS) is 12.1. The van der Waals surface area contributed by atoms with Crippen LogP contribution in [-0.4, -0.2) is 39.4 Å². The molecule has 0 aromatic heterocycles. The van der Waals surface area contributed by atoms with Crippen LogP contribution >= 0.6 is 0 Å². The Bertz CT molecular complexity index is 395. The monoisotopic (exact) mass is 267 g/mol. The van der Waals surface area contributed by atoms with Gasteiger partial charge < -0.3 is 24.3 Å². The molecular formula is C14H21NO4. The molecule has 1 unspecified atom stereocenters. The largest absolute Gasteiger partial charge is 0.544 e. The molecule has 0 aliphatic carbocycles. The molecule has 0 bridgehead atoms. The first-order chi connectivity index (χ1) is 9.17. The van der Waals surface area contributed by atoms with Gasteiger partial charge in [0.2, 0.25) is 0 Å². The first-order valence-electron chi connectivity index (χ1n) is 6.40. The van der Waals surface area contributed by atoms with E-state index in [-0.39, 0.29) is 6.54 Å². The van der Waals surface area contributed by atoms with Crippen LogP contribution in [0.2, 0.25) is 0 Å². The van der Waals surface area contributed by atoms with Crippen LogP contribution in [-0.2, 0) is 16.1 Å². The average Bonchev–Trinajstić information content (AvgIpc) is 2.38. The number of ether oxygens (including phenoxy) is 2. The van der Waals surface area contributed by atoms with Gasteiger partial charge in [-0.3, -0.25) is 0 Å². The highest BCUT2D eigenvalue weighted by atomic mass is 16.5. The number of carbonyl (C=O) groups is 1. The molecule has 1 aromatic rings. The third-order valence-electron chi connectivity index (χ3n) is 2.77. The van der Waals surface area contributed by atoms with Crippen molar-refractivity contribution < 1.29 is 24.3 Å². The van der Waals surface area contributed by atoms with E-state index in [1.54, 1.807) is 7.11 Å². The maximum absolute atomic E-state index is 10.8. The number of hydrogen-bond acceptors (Lipinski definition) is 4. The second-order valence-corrected chi connectivity index (χ2v) is 4.26. The van der Waals surface area contributed by atoms with Crippen LogP contribution < -0.4 is 14.7 Å². The van der Waals surface area contributed by atoms with Gasteiger partial charge in [0.15, 0.2) is 0 Å². The number of aliphatic carboxylic acids is 1. The van der Waals surface area contributed by atoms with Crippen molar-refractivity contribution in [3.05, 3.63) is 29.8 Å². The van der Waals surface area contributed by atoms with Gasteiger partial charge in [0.1, 0.15) is 25.4 Å². The summed E-state index contributed by atoms with van der Waals surface area (Å²) in [5.41, 5.74) is 0.997. The molecule has 1 aromatic carbocycles.